The van der Waals surface area contributed by atoms with E-state index in [4.69, 9.17) is 5.73 Å². The predicted molar refractivity (Wildman–Crippen MR) is 86.6 cm³/mol. The quantitative estimate of drug-likeness (QED) is 0.739. The van der Waals surface area contributed by atoms with E-state index in [1.807, 2.05) is 41.1 Å². The van der Waals surface area contributed by atoms with Gasteiger partial charge in [0.25, 0.3) is 0 Å². The van der Waals surface area contributed by atoms with E-state index in [0.717, 1.165) is 15.8 Å². The molecule has 0 spiro atoms. The zero-order valence-corrected chi connectivity index (χ0v) is 12.8. The van der Waals surface area contributed by atoms with Crippen molar-refractivity contribution < 1.29 is 0 Å². The number of rotatable bonds is 4. The number of benzene rings is 2. The lowest BCUT2D eigenvalue weighted by molar-refractivity contribution is 0.686. The van der Waals surface area contributed by atoms with Gasteiger partial charge in [0.1, 0.15) is 12.7 Å². The van der Waals surface area contributed by atoms with E-state index in [0.29, 0.717) is 6.54 Å². The van der Waals surface area contributed by atoms with Crippen LogP contribution in [-0.2, 0) is 6.54 Å². The van der Waals surface area contributed by atoms with Crippen LogP contribution in [0.1, 0.15) is 5.56 Å². The van der Waals surface area contributed by atoms with Gasteiger partial charge in [-0.05, 0) is 42.0 Å². The van der Waals surface area contributed by atoms with Crippen LogP contribution in [0, 0.1) is 0 Å². The Hall–Kier alpha value is -2.34. The van der Waals surface area contributed by atoms with Crippen molar-refractivity contribution in [1.82, 2.24) is 14.9 Å². The average Bonchev–Trinajstić information content (AvgIpc) is 3.02. The zero-order valence-electron chi connectivity index (χ0n) is 11.2. The molecule has 1 heterocycles. The second-order valence-electron chi connectivity index (χ2n) is 4.62. The van der Waals surface area contributed by atoms with E-state index in [1.54, 1.807) is 12.7 Å². The van der Waals surface area contributed by atoms with Gasteiger partial charge in [0.2, 0.25) is 0 Å². The van der Waals surface area contributed by atoms with Gasteiger partial charge in [0.05, 0.1) is 12.2 Å². The molecule has 0 aliphatic carbocycles. The molecule has 0 radical (unpaired) electrons. The van der Waals surface area contributed by atoms with E-state index >= 15 is 0 Å². The van der Waals surface area contributed by atoms with Crippen molar-refractivity contribution in [2.75, 3.05) is 10.7 Å². The molecule has 0 saturated carbocycles. The third-order valence-corrected chi connectivity index (χ3v) is 3.65. The molecule has 2 aromatic carbocycles. The number of nitrogens with zero attached hydrogens (tertiary/aromatic N) is 4. The summed E-state index contributed by atoms with van der Waals surface area (Å²) in [5.74, 6) is 0. The van der Waals surface area contributed by atoms with Crippen molar-refractivity contribution in [3.63, 3.8) is 0 Å². The fourth-order valence-corrected chi connectivity index (χ4v) is 2.30. The van der Waals surface area contributed by atoms with Crippen LogP contribution in [0.3, 0.4) is 0 Å². The molecule has 106 valence electrons. The molecule has 0 unspecified atom stereocenters. The van der Waals surface area contributed by atoms with Crippen molar-refractivity contribution >= 4 is 27.3 Å². The molecule has 21 heavy (non-hydrogen) atoms. The van der Waals surface area contributed by atoms with Gasteiger partial charge < -0.3 is 5.73 Å². The normalized spacial score (nSPS) is 10.5. The molecule has 0 amide bonds. The van der Waals surface area contributed by atoms with Gasteiger partial charge in [-0.25, -0.2) is 4.68 Å². The zero-order chi connectivity index (χ0) is 14.7. The first-order valence-corrected chi connectivity index (χ1v) is 7.24. The molecule has 2 N–H and O–H groups in total. The molecule has 0 fully saturated rings. The molecule has 3 aromatic rings. The Morgan fingerprint density at radius 1 is 0.952 bits per heavy atom. The van der Waals surface area contributed by atoms with Gasteiger partial charge in [0, 0.05) is 10.2 Å². The van der Waals surface area contributed by atoms with Crippen LogP contribution < -0.4 is 10.7 Å². The van der Waals surface area contributed by atoms with E-state index in [9.17, 15) is 0 Å². The molecule has 0 atom stereocenters. The molecule has 0 bridgehead atoms. The summed E-state index contributed by atoms with van der Waals surface area (Å²) in [7, 11) is 0. The van der Waals surface area contributed by atoms with Crippen LogP contribution in [0.2, 0.25) is 0 Å². The Morgan fingerprint density at radius 2 is 1.57 bits per heavy atom. The van der Waals surface area contributed by atoms with E-state index < -0.39 is 0 Å². The second-order valence-corrected chi connectivity index (χ2v) is 5.53. The van der Waals surface area contributed by atoms with Crippen LogP contribution in [-0.4, -0.2) is 14.9 Å². The van der Waals surface area contributed by atoms with Crippen molar-refractivity contribution in [1.29, 1.82) is 0 Å². The largest absolute Gasteiger partial charge is 0.399 e. The summed E-state index contributed by atoms with van der Waals surface area (Å²) in [5.41, 5.74) is 8.71. The summed E-state index contributed by atoms with van der Waals surface area (Å²) in [6.07, 6.45) is 3.35. The van der Waals surface area contributed by atoms with Crippen LogP contribution in [0.25, 0.3) is 0 Å². The first-order chi connectivity index (χ1) is 10.2. The Morgan fingerprint density at radius 3 is 2.19 bits per heavy atom. The van der Waals surface area contributed by atoms with Crippen molar-refractivity contribution in [2.45, 2.75) is 6.54 Å². The fraction of sp³-hybridized carbons (Fsp3) is 0.0667. The first-order valence-electron chi connectivity index (χ1n) is 6.45. The molecule has 0 aliphatic rings. The van der Waals surface area contributed by atoms with Crippen molar-refractivity contribution in [3.05, 3.63) is 71.2 Å². The van der Waals surface area contributed by atoms with Gasteiger partial charge >= 0.3 is 0 Å². The summed E-state index contributed by atoms with van der Waals surface area (Å²) < 4.78 is 2.92. The van der Waals surface area contributed by atoms with Crippen molar-refractivity contribution in [3.8, 4) is 0 Å². The van der Waals surface area contributed by atoms with Crippen molar-refractivity contribution in [2.24, 2.45) is 0 Å². The third kappa shape index (κ3) is 3.22. The third-order valence-electron chi connectivity index (χ3n) is 3.12. The monoisotopic (exact) mass is 343 g/mol. The minimum absolute atomic E-state index is 0.704. The minimum atomic E-state index is 0.704. The summed E-state index contributed by atoms with van der Waals surface area (Å²) in [6, 6.07) is 16.0. The Bertz CT molecular complexity index is 692. The maximum absolute atomic E-state index is 5.76. The Balaban J connectivity index is 1.93. The molecular weight excluding hydrogens is 330 g/mol. The molecule has 0 aliphatic heterocycles. The average molecular weight is 344 g/mol. The summed E-state index contributed by atoms with van der Waals surface area (Å²) in [6.45, 7) is 0.704. The highest BCUT2D eigenvalue weighted by Gasteiger charge is 2.09. The summed E-state index contributed by atoms with van der Waals surface area (Å²) >= 11 is 3.45. The molecule has 3 rings (SSSR count). The smallest absolute Gasteiger partial charge is 0.139 e. The van der Waals surface area contributed by atoms with Crippen LogP contribution in [0.4, 0.5) is 11.4 Å². The number of hydrogen-bond donors (Lipinski definition) is 1. The lowest BCUT2D eigenvalue weighted by atomic mass is 10.2. The molecule has 0 saturated heterocycles. The van der Waals surface area contributed by atoms with Gasteiger partial charge in [-0.15, -0.1) is 10.2 Å². The Kier molecular flexibility index (Phi) is 3.87. The van der Waals surface area contributed by atoms with E-state index in [1.165, 1.54) is 5.56 Å². The highest BCUT2D eigenvalue weighted by molar-refractivity contribution is 9.10. The number of aromatic nitrogens is 3. The lowest BCUT2D eigenvalue weighted by Gasteiger charge is -2.25. The SMILES string of the molecule is Nc1ccc(N(Cc2ccc(Br)cc2)n2cnnc2)cc1. The van der Waals surface area contributed by atoms with E-state index in [2.05, 4.69) is 43.3 Å². The number of hydrogen-bond acceptors (Lipinski definition) is 4. The second kappa shape index (κ2) is 5.97. The summed E-state index contributed by atoms with van der Waals surface area (Å²) in [4.78, 5) is 0. The maximum Gasteiger partial charge on any atom is 0.139 e. The number of nitrogens with two attached hydrogens (primary N) is 1. The minimum Gasteiger partial charge on any atom is -0.399 e. The summed E-state index contributed by atoms with van der Waals surface area (Å²) in [5, 5.41) is 9.83. The number of anilines is 2. The van der Waals surface area contributed by atoms with Gasteiger partial charge in [-0.3, -0.25) is 5.01 Å². The van der Waals surface area contributed by atoms with Gasteiger partial charge in [0.15, 0.2) is 0 Å². The highest BCUT2D eigenvalue weighted by Crippen LogP contribution is 2.20. The maximum atomic E-state index is 5.76. The molecular formula is C15H14BrN5. The first kappa shape index (κ1) is 13.6. The molecule has 1 aromatic heterocycles. The predicted octanol–water partition coefficient (Wildman–Crippen LogP) is 3.09. The fourth-order valence-electron chi connectivity index (χ4n) is 2.04. The van der Waals surface area contributed by atoms with Crippen LogP contribution in [0.15, 0.2) is 65.7 Å². The number of nitrogen functional groups attached to an aromatic ring is 1. The number of halogens is 1. The van der Waals surface area contributed by atoms with Gasteiger partial charge in [-0.1, -0.05) is 28.1 Å². The van der Waals surface area contributed by atoms with Crippen LogP contribution in [0.5, 0.6) is 0 Å². The standard InChI is InChI=1S/C15H14BrN5/c16-13-3-1-12(2-4-13)9-21(20-10-18-19-11-20)15-7-5-14(17)6-8-15/h1-8,10-11H,9,17H2. The highest BCUT2D eigenvalue weighted by atomic mass is 79.9. The topological polar surface area (TPSA) is 60.0 Å². The Labute approximate surface area is 131 Å². The van der Waals surface area contributed by atoms with Crippen LogP contribution >= 0.6 is 15.9 Å². The van der Waals surface area contributed by atoms with E-state index in [-0.39, 0.29) is 0 Å². The lowest BCUT2D eigenvalue weighted by Crippen LogP contribution is -2.27. The molecule has 5 nitrogen and oxygen atoms in total. The van der Waals surface area contributed by atoms with Gasteiger partial charge in [-0.2, -0.15) is 0 Å². The molecule has 6 heteroatoms.